The number of nitrogens with zero attached hydrogens (tertiary/aromatic N) is 1. The minimum absolute atomic E-state index is 0.268. The van der Waals surface area contributed by atoms with Crippen LogP contribution in [-0.2, 0) is 0 Å². The number of carbonyl (C=O) groups is 1. The largest absolute Gasteiger partial charge is 0.329 e. The van der Waals surface area contributed by atoms with Crippen molar-refractivity contribution < 1.29 is 4.79 Å². The van der Waals surface area contributed by atoms with E-state index in [1.54, 1.807) is 4.90 Å². The van der Waals surface area contributed by atoms with Gasteiger partial charge in [0.1, 0.15) is 0 Å². The van der Waals surface area contributed by atoms with Crippen molar-refractivity contribution in [1.29, 1.82) is 0 Å². The lowest BCUT2D eigenvalue weighted by Gasteiger charge is -2.31. The van der Waals surface area contributed by atoms with E-state index in [9.17, 15) is 4.79 Å². The highest BCUT2D eigenvalue weighted by molar-refractivity contribution is 6.62. The van der Waals surface area contributed by atoms with E-state index in [0.717, 1.165) is 19.5 Å². The van der Waals surface area contributed by atoms with Crippen LogP contribution in [0.15, 0.2) is 0 Å². The second-order valence-electron chi connectivity index (χ2n) is 3.78. The molecule has 1 heterocycles. The van der Waals surface area contributed by atoms with Crippen molar-refractivity contribution in [2.24, 2.45) is 5.41 Å². The molecule has 0 unspecified atom stereocenters. The molecule has 0 atom stereocenters. The van der Waals surface area contributed by atoms with Crippen LogP contribution in [0.25, 0.3) is 0 Å². The van der Waals surface area contributed by atoms with Crippen molar-refractivity contribution in [3.63, 3.8) is 0 Å². The van der Waals surface area contributed by atoms with Gasteiger partial charge < -0.3 is 4.90 Å². The molecule has 1 saturated heterocycles. The molecule has 1 aliphatic carbocycles. The normalized spacial score (nSPS) is 27.2. The fourth-order valence-corrected chi connectivity index (χ4v) is 2.09. The number of rotatable bonds is 0. The van der Waals surface area contributed by atoms with Gasteiger partial charge in [-0.15, -0.1) is 0 Å². The van der Waals surface area contributed by atoms with Crippen LogP contribution < -0.4 is 0 Å². The van der Waals surface area contributed by atoms with Crippen LogP contribution in [0.5, 0.6) is 0 Å². The third kappa shape index (κ3) is 1.36. The van der Waals surface area contributed by atoms with Gasteiger partial charge in [-0.1, -0.05) is 0 Å². The Morgan fingerprint density at radius 2 is 2.09 bits per heavy atom. The van der Waals surface area contributed by atoms with Crippen LogP contribution in [0.2, 0.25) is 0 Å². The van der Waals surface area contributed by atoms with Crippen LogP contribution in [0.1, 0.15) is 25.7 Å². The molecule has 0 bridgehead atoms. The highest BCUT2D eigenvalue weighted by Gasteiger charge is 2.46. The first-order chi connectivity index (χ1) is 5.22. The molecule has 3 heteroatoms. The summed E-state index contributed by atoms with van der Waals surface area (Å²) in [5, 5.41) is -0.268. The van der Waals surface area contributed by atoms with Crippen LogP contribution in [-0.4, -0.2) is 23.4 Å². The number of hydrogen-bond donors (Lipinski definition) is 0. The predicted molar refractivity (Wildman–Crippen MR) is 43.7 cm³/mol. The molecule has 1 amide bonds. The monoisotopic (exact) mass is 173 g/mol. The van der Waals surface area contributed by atoms with Gasteiger partial charge >= 0.3 is 5.37 Å². The van der Waals surface area contributed by atoms with Gasteiger partial charge in [-0.25, -0.2) is 0 Å². The number of piperidine rings is 1. The number of likely N-dealkylation sites (tertiary alicyclic amines) is 1. The summed E-state index contributed by atoms with van der Waals surface area (Å²) in [7, 11) is 0. The van der Waals surface area contributed by atoms with E-state index in [0.29, 0.717) is 5.41 Å². The lowest BCUT2D eigenvalue weighted by atomic mass is 9.96. The second-order valence-corrected chi connectivity index (χ2v) is 4.10. The van der Waals surface area contributed by atoms with E-state index < -0.39 is 0 Å². The topological polar surface area (TPSA) is 20.3 Å². The average molecular weight is 174 g/mol. The number of amides is 1. The van der Waals surface area contributed by atoms with E-state index in [-0.39, 0.29) is 5.37 Å². The molecule has 62 valence electrons. The summed E-state index contributed by atoms with van der Waals surface area (Å²) >= 11 is 5.40. The van der Waals surface area contributed by atoms with Crippen molar-refractivity contribution >= 4 is 17.0 Å². The van der Waals surface area contributed by atoms with Gasteiger partial charge in [-0.3, -0.25) is 4.79 Å². The zero-order valence-electron chi connectivity index (χ0n) is 6.48. The van der Waals surface area contributed by atoms with Crippen molar-refractivity contribution in [1.82, 2.24) is 4.90 Å². The van der Waals surface area contributed by atoms with E-state index in [2.05, 4.69) is 0 Å². The van der Waals surface area contributed by atoms with E-state index in [4.69, 9.17) is 11.6 Å². The fraction of sp³-hybridized carbons (Fsp3) is 0.875. The number of carbonyl (C=O) groups excluding carboxylic acids is 1. The van der Waals surface area contributed by atoms with Crippen molar-refractivity contribution in [3.05, 3.63) is 0 Å². The summed E-state index contributed by atoms with van der Waals surface area (Å²) in [6.07, 6.45) is 5.04. The van der Waals surface area contributed by atoms with E-state index in [1.165, 1.54) is 19.3 Å². The Labute approximate surface area is 71.5 Å². The van der Waals surface area contributed by atoms with Gasteiger partial charge in [0, 0.05) is 13.1 Å². The zero-order valence-corrected chi connectivity index (χ0v) is 7.23. The lowest BCUT2D eigenvalue weighted by Crippen LogP contribution is -2.37. The molecule has 1 aliphatic heterocycles. The van der Waals surface area contributed by atoms with Gasteiger partial charge in [0.2, 0.25) is 0 Å². The van der Waals surface area contributed by atoms with E-state index >= 15 is 0 Å². The summed E-state index contributed by atoms with van der Waals surface area (Å²) in [6.45, 7) is 1.78. The van der Waals surface area contributed by atoms with Gasteiger partial charge in [0.05, 0.1) is 0 Å². The first kappa shape index (κ1) is 7.41. The first-order valence-electron chi connectivity index (χ1n) is 4.16. The fourth-order valence-electron chi connectivity index (χ4n) is 1.94. The van der Waals surface area contributed by atoms with Gasteiger partial charge in [-0.05, 0) is 42.7 Å². The average Bonchev–Trinajstić information content (AvgIpc) is 2.69. The minimum Gasteiger partial charge on any atom is -0.329 e. The first-order valence-corrected chi connectivity index (χ1v) is 4.54. The molecule has 1 saturated carbocycles. The maximum absolute atomic E-state index is 10.8. The van der Waals surface area contributed by atoms with Crippen LogP contribution in [0.4, 0.5) is 4.79 Å². The predicted octanol–water partition coefficient (Wildman–Crippen LogP) is 2.22. The van der Waals surface area contributed by atoms with Gasteiger partial charge in [0.25, 0.3) is 0 Å². The van der Waals surface area contributed by atoms with Crippen molar-refractivity contribution in [3.8, 4) is 0 Å². The molecule has 2 aliphatic rings. The Balaban J connectivity index is 1.98. The maximum Gasteiger partial charge on any atom is 0.316 e. The lowest BCUT2D eigenvalue weighted by molar-refractivity contribution is 0.178. The molecular formula is C8H12ClNO. The molecule has 0 aromatic heterocycles. The zero-order chi connectivity index (χ0) is 7.90. The van der Waals surface area contributed by atoms with E-state index in [1.807, 2.05) is 0 Å². The molecule has 1 spiro atoms. The molecule has 0 aromatic rings. The highest BCUT2D eigenvalue weighted by atomic mass is 35.5. The summed E-state index contributed by atoms with van der Waals surface area (Å²) in [6, 6.07) is 0. The van der Waals surface area contributed by atoms with Gasteiger partial charge in [-0.2, -0.15) is 0 Å². The minimum atomic E-state index is -0.268. The van der Waals surface area contributed by atoms with Gasteiger partial charge in [0.15, 0.2) is 0 Å². The Hall–Kier alpha value is -0.240. The summed E-state index contributed by atoms with van der Waals surface area (Å²) < 4.78 is 0. The molecule has 0 radical (unpaired) electrons. The Morgan fingerprint density at radius 3 is 2.64 bits per heavy atom. The third-order valence-corrected chi connectivity index (χ3v) is 3.11. The molecule has 2 nitrogen and oxygen atoms in total. The molecule has 2 rings (SSSR count). The SMILES string of the molecule is O=C(Cl)N1CCCC2(CC2)C1. The van der Waals surface area contributed by atoms with Crippen molar-refractivity contribution in [2.75, 3.05) is 13.1 Å². The molecule has 2 fully saturated rings. The summed E-state index contributed by atoms with van der Waals surface area (Å²) in [4.78, 5) is 12.6. The Bertz CT molecular complexity index is 189. The summed E-state index contributed by atoms with van der Waals surface area (Å²) in [5.74, 6) is 0. The van der Waals surface area contributed by atoms with Crippen LogP contribution in [0.3, 0.4) is 0 Å². The Kier molecular flexibility index (Phi) is 1.60. The number of halogens is 1. The second kappa shape index (κ2) is 2.37. The van der Waals surface area contributed by atoms with Crippen LogP contribution >= 0.6 is 11.6 Å². The van der Waals surface area contributed by atoms with Crippen LogP contribution in [0, 0.1) is 5.41 Å². The Morgan fingerprint density at radius 1 is 1.36 bits per heavy atom. The quantitative estimate of drug-likeness (QED) is 0.406. The molecular weight excluding hydrogens is 162 g/mol. The number of hydrogen-bond acceptors (Lipinski definition) is 1. The third-order valence-electron chi connectivity index (χ3n) is 2.87. The molecule has 11 heavy (non-hydrogen) atoms. The smallest absolute Gasteiger partial charge is 0.316 e. The maximum atomic E-state index is 10.8. The molecule has 0 N–H and O–H groups in total. The standard InChI is InChI=1S/C8H12ClNO/c9-7(11)10-5-1-2-8(6-10)3-4-8/h1-6H2. The summed E-state index contributed by atoms with van der Waals surface area (Å²) in [5.41, 5.74) is 0.503. The highest BCUT2D eigenvalue weighted by Crippen LogP contribution is 2.52. The molecule has 0 aromatic carbocycles. The van der Waals surface area contributed by atoms with Crippen molar-refractivity contribution in [2.45, 2.75) is 25.7 Å².